The number of carbonyl (C=O) groups is 2. The van der Waals surface area contributed by atoms with Gasteiger partial charge in [-0.2, -0.15) is 10.2 Å². The van der Waals surface area contributed by atoms with Gasteiger partial charge in [-0.25, -0.2) is 0 Å². The minimum Gasteiger partial charge on any atom is -0.497 e. The third-order valence-electron chi connectivity index (χ3n) is 7.23. The number of methoxy groups -OCH3 is 1. The number of hydrogen-bond donors (Lipinski definition) is 0. The summed E-state index contributed by atoms with van der Waals surface area (Å²) in [6.45, 7) is 2.04. The summed E-state index contributed by atoms with van der Waals surface area (Å²) in [4.78, 5) is 30.4. The molecule has 3 aliphatic rings. The van der Waals surface area contributed by atoms with Gasteiger partial charge in [0.2, 0.25) is 5.91 Å². The van der Waals surface area contributed by atoms with Gasteiger partial charge < -0.3 is 14.5 Å². The van der Waals surface area contributed by atoms with Gasteiger partial charge in [-0.05, 0) is 36.6 Å². The van der Waals surface area contributed by atoms with Crippen LogP contribution in [-0.4, -0.2) is 58.6 Å². The normalized spacial score (nSPS) is 25.6. The van der Waals surface area contributed by atoms with E-state index in [0.717, 1.165) is 43.5 Å². The minimum atomic E-state index is -0.00792. The number of rotatable bonds is 4. The second-order valence-corrected chi connectivity index (χ2v) is 8.96. The second-order valence-electron chi connectivity index (χ2n) is 8.96. The van der Waals surface area contributed by atoms with Crippen LogP contribution in [0.2, 0.25) is 0 Å². The Balaban J connectivity index is 1.41. The molecule has 2 amide bonds. The summed E-state index contributed by atoms with van der Waals surface area (Å²) in [6, 6.07) is 9.76. The van der Waals surface area contributed by atoms with E-state index in [-0.39, 0.29) is 29.7 Å². The van der Waals surface area contributed by atoms with Crippen LogP contribution in [-0.2, 0) is 4.79 Å². The predicted octanol–water partition coefficient (Wildman–Crippen LogP) is 2.95. The molecular weight excluding hydrogens is 392 g/mol. The minimum absolute atomic E-state index is 0.00243. The van der Waals surface area contributed by atoms with E-state index in [1.807, 2.05) is 17.0 Å². The molecule has 162 valence electrons. The van der Waals surface area contributed by atoms with Crippen LogP contribution in [0, 0.1) is 17.8 Å². The van der Waals surface area contributed by atoms with Crippen LogP contribution in [0.4, 0.5) is 0 Å². The fourth-order valence-corrected chi connectivity index (χ4v) is 5.67. The van der Waals surface area contributed by atoms with Gasteiger partial charge in [-0.1, -0.05) is 25.0 Å². The lowest BCUT2D eigenvalue weighted by molar-refractivity contribution is -0.136. The van der Waals surface area contributed by atoms with Crippen molar-refractivity contribution in [3.63, 3.8) is 0 Å². The van der Waals surface area contributed by atoms with Crippen LogP contribution in [0.3, 0.4) is 0 Å². The summed E-state index contributed by atoms with van der Waals surface area (Å²) in [6.07, 6.45) is 7.36. The van der Waals surface area contributed by atoms with E-state index in [9.17, 15) is 9.59 Å². The third-order valence-corrected chi connectivity index (χ3v) is 7.23. The van der Waals surface area contributed by atoms with E-state index in [2.05, 4.69) is 27.2 Å². The van der Waals surface area contributed by atoms with E-state index in [1.165, 1.54) is 6.20 Å². The first-order valence-electron chi connectivity index (χ1n) is 11.2. The molecule has 5 rings (SSSR count). The van der Waals surface area contributed by atoms with Gasteiger partial charge in [0.05, 0.1) is 31.1 Å². The van der Waals surface area contributed by atoms with Crippen LogP contribution >= 0.6 is 0 Å². The fourth-order valence-electron chi connectivity index (χ4n) is 5.67. The molecule has 3 atom stereocenters. The first-order valence-corrected chi connectivity index (χ1v) is 11.2. The number of hydrogen-bond acceptors (Lipinski definition) is 5. The lowest BCUT2D eigenvalue weighted by atomic mass is 9.89. The number of likely N-dealkylation sites (tertiary alicyclic amines) is 2. The Bertz CT molecular complexity index is 943. The molecule has 1 saturated carbocycles. The van der Waals surface area contributed by atoms with Crippen molar-refractivity contribution in [1.82, 2.24) is 20.0 Å². The average Bonchev–Trinajstić information content (AvgIpc) is 3.55. The molecule has 3 heterocycles. The molecule has 2 saturated heterocycles. The van der Waals surface area contributed by atoms with Gasteiger partial charge in [0.15, 0.2) is 0 Å². The molecule has 0 spiro atoms. The highest BCUT2D eigenvalue weighted by Crippen LogP contribution is 2.47. The number of aromatic nitrogens is 2. The maximum atomic E-state index is 13.4. The highest BCUT2D eigenvalue weighted by Gasteiger charge is 2.51. The maximum Gasteiger partial charge on any atom is 0.255 e. The Hall–Kier alpha value is -2.96. The van der Waals surface area contributed by atoms with Crippen molar-refractivity contribution in [2.24, 2.45) is 17.8 Å². The number of carbonyl (C=O) groups excluding carboxylic acids is 2. The van der Waals surface area contributed by atoms with E-state index in [4.69, 9.17) is 4.74 Å². The molecule has 0 unspecified atom stereocenters. The number of benzene rings is 1. The summed E-state index contributed by atoms with van der Waals surface area (Å²) in [5.41, 5.74) is 1.69. The lowest BCUT2D eigenvalue weighted by Gasteiger charge is -2.32. The zero-order chi connectivity index (χ0) is 21.4. The number of amides is 2. The Morgan fingerprint density at radius 3 is 2.45 bits per heavy atom. The first-order chi connectivity index (χ1) is 15.2. The predicted molar refractivity (Wildman–Crippen MR) is 114 cm³/mol. The van der Waals surface area contributed by atoms with E-state index < -0.39 is 0 Å². The summed E-state index contributed by atoms with van der Waals surface area (Å²) < 4.78 is 5.33. The van der Waals surface area contributed by atoms with Gasteiger partial charge in [-0.15, -0.1) is 0 Å². The van der Waals surface area contributed by atoms with Gasteiger partial charge >= 0.3 is 0 Å². The molecular formula is C24H28N4O3. The molecule has 3 fully saturated rings. The molecule has 1 aromatic heterocycles. The molecule has 0 bridgehead atoms. The van der Waals surface area contributed by atoms with Crippen molar-refractivity contribution in [1.29, 1.82) is 0 Å². The molecule has 31 heavy (non-hydrogen) atoms. The lowest BCUT2D eigenvalue weighted by Crippen LogP contribution is -2.39. The van der Waals surface area contributed by atoms with E-state index in [1.54, 1.807) is 19.4 Å². The maximum absolute atomic E-state index is 13.4. The van der Waals surface area contributed by atoms with Crippen molar-refractivity contribution in [3.8, 4) is 5.75 Å². The van der Waals surface area contributed by atoms with Crippen LogP contribution in [0.1, 0.15) is 47.6 Å². The Morgan fingerprint density at radius 2 is 1.77 bits per heavy atom. The summed E-state index contributed by atoms with van der Waals surface area (Å²) in [5, 5.41) is 7.61. The van der Waals surface area contributed by atoms with Gasteiger partial charge in [-0.3, -0.25) is 9.59 Å². The molecule has 7 heteroatoms. The van der Waals surface area contributed by atoms with Crippen molar-refractivity contribution < 1.29 is 14.3 Å². The number of nitrogens with zero attached hydrogens (tertiary/aromatic N) is 4. The van der Waals surface area contributed by atoms with Crippen LogP contribution in [0.5, 0.6) is 5.75 Å². The van der Waals surface area contributed by atoms with Crippen LogP contribution in [0.25, 0.3) is 0 Å². The SMILES string of the molecule is COc1ccc([C@H]2[C@H]3CN(C(=O)c4ccnnc4)C[C@H]3CN2C(=O)C2CCCC2)cc1. The van der Waals surface area contributed by atoms with Gasteiger partial charge in [0, 0.05) is 37.4 Å². The Kier molecular flexibility index (Phi) is 5.34. The first kappa shape index (κ1) is 20.0. The highest BCUT2D eigenvalue weighted by atomic mass is 16.5. The molecule has 7 nitrogen and oxygen atoms in total. The van der Waals surface area contributed by atoms with E-state index >= 15 is 0 Å². The second kappa shape index (κ2) is 8.29. The number of ether oxygens (including phenoxy) is 1. The molecule has 0 N–H and O–H groups in total. The molecule has 1 aliphatic carbocycles. The largest absolute Gasteiger partial charge is 0.497 e. The molecule has 0 radical (unpaired) electrons. The van der Waals surface area contributed by atoms with Crippen LogP contribution in [0.15, 0.2) is 42.7 Å². The number of fused-ring (bicyclic) bond motifs is 1. The van der Waals surface area contributed by atoms with Crippen LogP contribution < -0.4 is 4.74 Å². The smallest absolute Gasteiger partial charge is 0.255 e. The zero-order valence-electron chi connectivity index (χ0n) is 17.8. The zero-order valence-corrected chi connectivity index (χ0v) is 17.8. The van der Waals surface area contributed by atoms with Crippen molar-refractivity contribution in [3.05, 3.63) is 53.9 Å². The van der Waals surface area contributed by atoms with Gasteiger partial charge in [0.1, 0.15) is 5.75 Å². The standard InChI is InChI=1S/C24H28N4O3/c1-31-20-8-6-16(7-9-20)22-21-15-27(23(29)18-10-11-25-26-12-18)13-19(21)14-28(22)24(30)17-4-2-3-5-17/h6-12,17,19,21-22H,2-5,13-15H2,1H3/t19-,21-,22-/m0/s1. The molecule has 1 aromatic carbocycles. The summed E-state index contributed by atoms with van der Waals surface area (Å²) >= 11 is 0. The monoisotopic (exact) mass is 420 g/mol. The van der Waals surface area contributed by atoms with Crippen molar-refractivity contribution in [2.75, 3.05) is 26.7 Å². The highest BCUT2D eigenvalue weighted by molar-refractivity contribution is 5.94. The quantitative estimate of drug-likeness (QED) is 0.760. The van der Waals surface area contributed by atoms with E-state index in [0.29, 0.717) is 24.6 Å². The van der Waals surface area contributed by atoms with Gasteiger partial charge in [0.25, 0.3) is 5.91 Å². The topological polar surface area (TPSA) is 75.6 Å². The summed E-state index contributed by atoms with van der Waals surface area (Å²) in [7, 11) is 1.66. The molecule has 2 aromatic rings. The third kappa shape index (κ3) is 3.66. The Morgan fingerprint density at radius 1 is 1.00 bits per heavy atom. The van der Waals surface area contributed by atoms with Crippen molar-refractivity contribution >= 4 is 11.8 Å². The average molecular weight is 421 g/mol. The van der Waals surface area contributed by atoms with Crippen molar-refractivity contribution in [2.45, 2.75) is 31.7 Å². The Labute approximate surface area is 182 Å². The molecule has 2 aliphatic heterocycles. The summed E-state index contributed by atoms with van der Waals surface area (Å²) in [5.74, 6) is 1.77. The fraction of sp³-hybridized carbons (Fsp3) is 0.500.